The number of amides is 1. The molecule has 0 fully saturated rings. The number of likely N-dealkylation sites (N-methyl/N-ethyl adjacent to an activating group) is 1. The molecule has 1 amide bonds. The van der Waals surface area contributed by atoms with E-state index in [4.69, 9.17) is 5.21 Å². The van der Waals surface area contributed by atoms with Gasteiger partial charge in [0.05, 0.1) is 0 Å². The maximum Gasteiger partial charge on any atom is 0.313 e. The highest BCUT2D eigenvalue weighted by Gasteiger charge is 2.35. The molecule has 1 unspecified atom stereocenters. The van der Waals surface area contributed by atoms with E-state index < -0.39 is 23.7 Å². The van der Waals surface area contributed by atoms with Crippen LogP contribution >= 0.6 is 15.9 Å². The van der Waals surface area contributed by atoms with Crippen molar-refractivity contribution in [1.82, 2.24) is 5.06 Å². The third-order valence-corrected chi connectivity index (χ3v) is 4.33. The zero-order valence-electron chi connectivity index (χ0n) is 13.5. The van der Waals surface area contributed by atoms with Gasteiger partial charge in [0.25, 0.3) is 0 Å². The van der Waals surface area contributed by atoms with E-state index in [2.05, 4.69) is 15.9 Å². The normalized spacial score (nSPS) is 13.1. The summed E-state index contributed by atoms with van der Waals surface area (Å²) in [5, 5.41) is 29.9. The minimum absolute atomic E-state index is 0.0206. The number of benzene rings is 2. The van der Waals surface area contributed by atoms with Gasteiger partial charge in [0.1, 0.15) is 11.4 Å². The van der Waals surface area contributed by atoms with Crippen LogP contribution in [0.4, 0.5) is 0 Å². The van der Waals surface area contributed by atoms with Crippen LogP contribution in [0, 0.1) is 0 Å². The first-order valence-corrected chi connectivity index (χ1v) is 8.27. The van der Waals surface area contributed by atoms with Crippen LogP contribution in [0.3, 0.4) is 0 Å². The number of Topliss-reactive ketones (excluding diaryl/α,β-unsaturated/α-hetero) is 1. The second kappa shape index (κ2) is 7.77. The number of carbonyl (C=O) groups is 2. The van der Waals surface area contributed by atoms with Crippen molar-refractivity contribution in [2.75, 3.05) is 7.05 Å². The van der Waals surface area contributed by atoms with Gasteiger partial charge in [0.2, 0.25) is 5.78 Å². The number of ketones is 1. The predicted octanol–water partition coefficient (Wildman–Crippen LogP) is 2.39. The lowest BCUT2D eigenvalue weighted by molar-refractivity contribution is -0.167. The molecule has 7 heteroatoms. The van der Waals surface area contributed by atoms with Gasteiger partial charge >= 0.3 is 5.91 Å². The van der Waals surface area contributed by atoms with Crippen molar-refractivity contribution in [2.24, 2.45) is 0 Å². The lowest BCUT2D eigenvalue weighted by atomic mass is 9.83. The summed E-state index contributed by atoms with van der Waals surface area (Å²) in [5.41, 5.74) is -0.518. The largest absolute Gasteiger partial charge is 0.508 e. The Kier molecular flexibility index (Phi) is 5.94. The molecule has 3 N–H and O–H groups in total. The summed E-state index contributed by atoms with van der Waals surface area (Å²) in [4.78, 5) is 23.8. The number of hydrogen-bond acceptors (Lipinski definition) is 5. The molecule has 25 heavy (non-hydrogen) atoms. The lowest BCUT2D eigenvalue weighted by Gasteiger charge is -2.28. The van der Waals surface area contributed by atoms with Gasteiger partial charge in [-0.2, -0.15) is 0 Å². The fourth-order valence-electron chi connectivity index (χ4n) is 2.50. The number of carbonyl (C=O) groups excluding carboxylic acids is 2. The second-order valence-electron chi connectivity index (χ2n) is 5.81. The minimum Gasteiger partial charge on any atom is -0.508 e. The number of phenolic OH excluding ortho intramolecular Hbond substituents is 1. The maximum absolute atomic E-state index is 12.1. The third kappa shape index (κ3) is 4.88. The van der Waals surface area contributed by atoms with Crippen LogP contribution in [0.15, 0.2) is 53.0 Å². The Morgan fingerprint density at radius 3 is 2.16 bits per heavy atom. The second-order valence-corrected chi connectivity index (χ2v) is 6.73. The fourth-order valence-corrected chi connectivity index (χ4v) is 2.76. The smallest absolute Gasteiger partial charge is 0.313 e. The van der Waals surface area contributed by atoms with Crippen molar-refractivity contribution < 1.29 is 25.0 Å². The molecule has 0 aliphatic rings. The summed E-state index contributed by atoms with van der Waals surface area (Å²) in [6.45, 7) is 0. The monoisotopic (exact) mass is 407 g/mol. The van der Waals surface area contributed by atoms with Gasteiger partial charge in [0, 0.05) is 24.4 Å². The zero-order valence-corrected chi connectivity index (χ0v) is 15.1. The number of aliphatic hydroxyl groups is 1. The standard InChI is InChI=1S/C18H18BrNO5/c1-20(25)17(23)16(22)11-18(24,13-4-8-15(21)9-5-13)10-12-2-6-14(19)7-3-12/h2-9,21,24-25H,10-11H2,1H3. The number of hydrogen-bond donors (Lipinski definition) is 3. The zero-order chi connectivity index (χ0) is 18.6. The molecule has 2 aromatic rings. The molecule has 0 aliphatic carbocycles. The summed E-state index contributed by atoms with van der Waals surface area (Å²) in [5.74, 6) is -2.00. The van der Waals surface area contributed by atoms with E-state index in [9.17, 15) is 19.8 Å². The Labute approximate surface area is 153 Å². The van der Waals surface area contributed by atoms with Gasteiger partial charge < -0.3 is 10.2 Å². The minimum atomic E-state index is -1.66. The number of rotatable bonds is 6. The molecule has 132 valence electrons. The predicted molar refractivity (Wildman–Crippen MR) is 94.0 cm³/mol. The molecule has 0 spiro atoms. The van der Waals surface area contributed by atoms with Crippen molar-refractivity contribution in [2.45, 2.75) is 18.4 Å². The highest BCUT2D eigenvalue weighted by molar-refractivity contribution is 9.10. The van der Waals surface area contributed by atoms with Gasteiger partial charge in [-0.25, -0.2) is 5.06 Å². The molecular formula is C18H18BrNO5. The van der Waals surface area contributed by atoms with Gasteiger partial charge in [-0.1, -0.05) is 40.2 Å². The van der Waals surface area contributed by atoms with Crippen molar-refractivity contribution in [3.05, 3.63) is 64.1 Å². The van der Waals surface area contributed by atoms with Gasteiger partial charge in [-0.3, -0.25) is 14.8 Å². The Morgan fingerprint density at radius 2 is 1.64 bits per heavy atom. The Bertz CT molecular complexity index is 758. The number of phenols is 1. The van der Waals surface area contributed by atoms with Crippen LogP contribution in [-0.4, -0.2) is 39.2 Å². The number of aromatic hydroxyl groups is 1. The first-order valence-electron chi connectivity index (χ1n) is 7.47. The number of hydroxylamine groups is 2. The van der Waals surface area contributed by atoms with E-state index in [0.29, 0.717) is 5.56 Å². The van der Waals surface area contributed by atoms with Crippen molar-refractivity contribution >= 4 is 27.6 Å². The summed E-state index contributed by atoms with van der Waals surface area (Å²) >= 11 is 3.33. The van der Waals surface area contributed by atoms with Crippen LogP contribution < -0.4 is 0 Å². The summed E-state index contributed by atoms with van der Waals surface area (Å²) < 4.78 is 0.873. The van der Waals surface area contributed by atoms with E-state index in [1.807, 2.05) is 0 Å². The van der Waals surface area contributed by atoms with E-state index in [-0.39, 0.29) is 17.2 Å². The van der Waals surface area contributed by atoms with Gasteiger partial charge in [-0.15, -0.1) is 0 Å². The van der Waals surface area contributed by atoms with Crippen LogP contribution in [0.25, 0.3) is 0 Å². The number of nitrogens with zero attached hydrogens (tertiary/aromatic N) is 1. The molecule has 2 aromatic carbocycles. The molecule has 0 aromatic heterocycles. The quantitative estimate of drug-likeness (QED) is 0.388. The molecule has 6 nitrogen and oxygen atoms in total. The Balaban J connectivity index is 2.36. The van der Waals surface area contributed by atoms with Crippen molar-refractivity contribution in [3.63, 3.8) is 0 Å². The van der Waals surface area contributed by atoms with Gasteiger partial charge in [-0.05, 0) is 35.4 Å². The lowest BCUT2D eigenvalue weighted by Crippen LogP contribution is -2.38. The van der Waals surface area contributed by atoms with E-state index >= 15 is 0 Å². The Morgan fingerprint density at radius 1 is 1.08 bits per heavy atom. The SMILES string of the molecule is CN(O)C(=O)C(=O)CC(O)(Cc1ccc(Br)cc1)c1ccc(O)cc1. The van der Waals surface area contributed by atoms with Crippen LogP contribution in [0.5, 0.6) is 5.75 Å². The maximum atomic E-state index is 12.1. The Hall–Kier alpha value is -2.22. The highest BCUT2D eigenvalue weighted by Crippen LogP contribution is 2.31. The average molecular weight is 408 g/mol. The molecule has 0 saturated heterocycles. The molecule has 0 aliphatic heterocycles. The van der Waals surface area contributed by atoms with Gasteiger partial charge in [0.15, 0.2) is 0 Å². The summed E-state index contributed by atoms with van der Waals surface area (Å²) in [6, 6.07) is 13.0. The summed E-state index contributed by atoms with van der Waals surface area (Å²) in [7, 11) is 1.05. The first-order chi connectivity index (χ1) is 11.7. The molecule has 1 atom stereocenters. The van der Waals surface area contributed by atoms with Crippen molar-refractivity contribution in [1.29, 1.82) is 0 Å². The molecule has 0 saturated carbocycles. The molecule has 0 bridgehead atoms. The van der Waals surface area contributed by atoms with Crippen LogP contribution in [-0.2, 0) is 21.6 Å². The molecular weight excluding hydrogens is 390 g/mol. The van der Waals surface area contributed by atoms with E-state index in [1.54, 1.807) is 24.3 Å². The molecule has 0 heterocycles. The van der Waals surface area contributed by atoms with E-state index in [0.717, 1.165) is 17.1 Å². The van der Waals surface area contributed by atoms with Crippen LogP contribution in [0.1, 0.15) is 17.5 Å². The summed E-state index contributed by atoms with van der Waals surface area (Å²) in [6.07, 6.45) is -0.420. The van der Waals surface area contributed by atoms with Crippen molar-refractivity contribution in [3.8, 4) is 5.75 Å². The highest BCUT2D eigenvalue weighted by atomic mass is 79.9. The van der Waals surface area contributed by atoms with E-state index in [1.165, 1.54) is 24.3 Å². The first kappa shape index (κ1) is 19.1. The topological polar surface area (TPSA) is 98.1 Å². The fraction of sp³-hybridized carbons (Fsp3) is 0.222. The molecule has 0 radical (unpaired) electrons. The van der Waals surface area contributed by atoms with Crippen LogP contribution in [0.2, 0.25) is 0 Å². The molecule has 2 rings (SSSR count). The number of halogens is 1. The average Bonchev–Trinajstić information content (AvgIpc) is 2.56. The third-order valence-electron chi connectivity index (χ3n) is 3.80.